The van der Waals surface area contributed by atoms with Crippen molar-refractivity contribution in [2.45, 2.75) is 6.54 Å². The fraction of sp³-hybridized carbons (Fsp3) is 0.0833. The molecular weight excluding hydrogens is 230 g/mol. The van der Waals surface area contributed by atoms with Gasteiger partial charge >= 0.3 is 0 Å². The van der Waals surface area contributed by atoms with E-state index in [1.165, 1.54) is 0 Å². The van der Waals surface area contributed by atoms with Crippen LogP contribution in [0.5, 0.6) is 0 Å². The van der Waals surface area contributed by atoms with E-state index in [4.69, 9.17) is 10.2 Å². The molecule has 0 fully saturated rings. The van der Waals surface area contributed by atoms with Crippen LogP contribution < -0.4 is 5.73 Å². The Morgan fingerprint density at radius 2 is 2.17 bits per heavy atom. The highest BCUT2D eigenvalue weighted by atomic mass is 16.3. The van der Waals surface area contributed by atoms with Crippen molar-refractivity contribution in [3.05, 3.63) is 48.4 Å². The monoisotopic (exact) mass is 241 g/mol. The Labute approximate surface area is 103 Å². The first kappa shape index (κ1) is 10.5. The van der Waals surface area contributed by atoms with Crippen LogP contribution in [-0.4, -0.2) is 20.2 Å². The smallest absolute Gasteiger partial charge is 0.182 e. The third-order valence-electron chi connectivity index (χ3n) is 2.56. The number of nitrogens with two attached hydrogens (primary N) is 1. The summed E-state index contributed by atoms with van der Waals surface area (Å²) in [5.41, 5.74) is 7.32. The number of hydrogen-bond donors (Lipinski definition) is 1. The van der Waals surface area contributed by atoms with Crippen molar-refractivity contribution in [3.8, 4) is 11.4 Å². The molecule has 2 N–H and O–H groups in total. The van der Waals surface area contributed by atoms with Gasteiger partial charge < -0.3 is 10.2 Å². The average Bonchev–Trinajstić information content (AvgIpc) is 3.01. The minimum Gasteiger partial charge on any atom is -0.467 e. The normalized spacial score (nSPS) is 10.7. The van der Waals surface area contributed by atoms with Gasteiger partial charge in [-0.25, -0.2) is 4.68 Å². The quantitative estimate of drug-likeness (QED) is 0.703. The molecule has 90 valence electrons. The van der Waals surface area contributed by atoms with E-state index in [0.717, 1.165) is 11.3 Å². The molecule has 0 amide bonds. The lowest BCUT2D eigenvalue weighted by Gasteiger charge is -2.03. The summed E-state index contributed by atoms with van der Waals surface area (Å²) < 4.78 is 6.95. The molecule has 0 aliphatic rings. The zero-order valence-electron chi connectivity index (χ0n) is 9.52. The zero-order chi connectivity index (χ0) is 12.4. The Morgan fingerprint density at radius 1 is 1.22 bits per heavy atom. The van der Waals surface area contributed by atoms with Crippen LogP contribution in [0, 0.1) is 0 Å². The maximum atomic E-state index is 5.75. The summed E-state index contributed by atoms with van der Waals surface area (Å²) in [5, 5.41) is 11.7. The summed E-state index contributed by atoms with van der Waals surface area (Å²) in [4.78, 5) is 0. The molecule has 0 saturated heterocycles. The summed E-state index contributed by atoms with van der Waals surface area (Å²) in [7, 11) is 0. The largest absolute Gasteiger partial charge is 0.467 e. The molecule has 2 heterocycles. The van der Waals surface area contributed by atoms with Crippen molar-refractivity contribution in [1.29, 1.82) is 0 Å². The van der Waals surface area contributed by atoms with Crippen molar-refractivity contribution < 1.29 is 4.42 Å². The van der Waals surface area contributed by atoms with Crippen molar-refractivity contribution in [2.24, 2.45) is 0 Å². The SMILES string of the molecule is Nc1cccc(-c2nnnn2Cc2ccco2)c1. The minimum absolute atomic E-state index is 0.490. The minimum atomic E-state index is 0.490. The molecule has 3 rings (SSSR count). The van der Waals surface area contributed by atoms with Crippen LogP contribution in [0.3, 0.4) is 0 Å². The van der Waals surface area contributed by atoms with E-state index in [-0.39, 0.29) is 0 Å². The summed E-state index contributed by atoms with van der Waals surface area (Å²) in [6.07, 6.45) is 1.62. The number of aromatic nitrogens is 4. The molecule has 0 bridgehead atoms. The highest BCUT2D eigenvalue weighted by Crippen LogP contribution is 2.19. The molecule has 6 heteroatoms. The molecule has 6 nitrogen and oxygen atoms in total. The third-order valence-corrected chi connectivity index (χ3v) is 2.56. The van der Waals surface area contributed by atoms with Gasteiger partial charge in [-0.05, 0) is 34.7 Å². The average molecular weight is 241 g/mol. The lowest BCUT2D eigenvalue weighted by molar-refractivity contribution is 0.477. The van der Waals surface area contributed by atoms with E-state index in [0.29, 0.717) is 18.1 Å². The Morgan fingerprint density at radius 3 is 2.94 bits per heavy atom. The molecule has 0 aliphatic heterocycles. The first-order chi connectivity index (χ1) is 8.83. The van der Waals surface area contributed by atoms with Gasteiger partial charge in [0.1, 0.15) is 12.3 Å². The predicted octanol–water partition coefficient (Wildman–Crippen LogP) is 1.56. The Bertz CT molecular complexity index is 644. The Kier molecular flexibility index (Phi) is 2.53. The predicted molar refractivity (Wildman–Crippen MR) is 65.5 cm³/mol. The molecule has 0 radical (unpaired) electrons. The van der Waals surface area contributed by atoms with Crippen LogP contribution in [0.1, 0.15) is 5.76 Å². The van der Waals surface area contributed by atoms with E-state index in [1.54, 1.807) is 10.9 Å². The van der Waals surface area contributed by atoms with Gasteiger partial charge in [0.15, 0.2) is 5.82 Å². The molecule has 0 atom stereocenters. The first-order valence-corrected chi connectivity index (χ1v) is 5.47. The summed E-state index contributed by atoms with van der Waals surface area (Å²) in [6.45, 7) is 0.490. The molecule has 0 aliphatic carbocycles. The second-order valence-corrected chi connectivity index (χ2v) is 3.86. The van der Waals surface area contributed by atoms with Crippen LogP contribution in [0.25, 0.3) is 11.4 Å². The van der Waals surface area contributed by atoms with E-state index >= 15 is 0 Å². The highest BCUT2D eigenvalue weighted by Gasteiger charge is 2.10. The number of furan rings is 1. The van der Waals surface area contributed by atoms with Gasteiger partial charge in [0.25, 0.3) is 0 Å². The standard InChI is InChI=1S/C12H11N5O/c13-10-4-1-3-9(7-10)12-14-15-16-17(12)8-11-5-2-6-18-11/h1-7H,8,13H2. The molecule has 2 aromatic heterocycles. The van der Waals surface area contributed by atoms with Gasteiger partial charge in [-0.3, -0.25) is 0 Å². The number of rotatable bonds is 3. The fourth-order valence-corrected chi connectivity index (χ4v) is 1.75. The molecule has 1 aromatic carbocycles. The lowest BCUT2D eigenvalue weighted by atomic mass is 10.2. The van der Waals surface area contributed by atoms with Crippen LogP contribution >= 0.6 is 0 Å². The Balaban J connectivity index is 1.96. The number of anilines is 1. The van der Waals surface area contributed by atoms with Gasteiger partial charge in [-0.1, -0.05) is 12.1 Å². The van der Waals surface area contributed by atoms with Crippen LogP contribution in [0.15, 0.2) is 47.1 Å². The van der Waals surface area contributed by atoms with E-state index in [9.17, 15) is 0 Å². The van der Waals surface area contributed by atoms with Gasteiger partial charge in [0.05, 0.1) is 6.26 Å². The maximum absolute atomic E-state index is 5.75. The van der Waals surface area contributed by atoms with Gasteiger partial charge in [-0.2, -0.15) is 0 Å². The number of hydrogen-bond acceptors (Lipinski definition) is 5. The van der Waals surface area contributed by atoms with E-state index in [1.807, 2.05) is 36.4 Å². The van der Waals surface area contributed by atoms with Crippen molar-refractivity contribution in [3.63, 3.8) is 0 Å². The first-order valence-electron chi connectivity index (χ1n) is 5.47. The number of benzene rings is 1. The van der Waals surface area contributed by atoms with Crippen molar-refractivity contribution in [1.82, 2.24) is 20.2 Å². The molecule has 0 spiro atoms. The maximum Gasteiger partial charge on any atom is 0.182 e. The van der Waals surface area contributed by atoms with Gasteiger partial charge in [0.2, 0.25) is 0 Å². The Hall–Kier alpha value is -2.63. The second-order valence-electron chi connectivity index (χ2n) is 3.86. The molecule has 0 unspecified atom stereocenters. The fourth-order valence-electron chi connectivity index (χ4n) is 1.75. The van der Waals surface area contributed by atoms with Crippen LogP contribution in [0.4, 0.5) is 5.69 Å². The lowest BCUT2D eigenvalue weighted by Crippen LogP contribution is -2.03. The molecule has 18 heavy (non-hydrogen) atoms. The summed E-state index contributed by atoms with van der Waals surface area (Å²) in [5.74, 6) is 1.46. The molecule has 3 aromatic rings. The zero-order valence-corrected chi connectivity index (χ0v) is 9.52. The van der Waals surface area contributed by atoms with Gasteiger partial charge in [0, 0.05) is 11.3 Å². The molecule has 0 saturated carbocycles. The van der Waals surface area contributed by atoms with Crippen LogP contribution in [-0.2, 0) is 6.54 Å². The second kappa shape index (κ2) is 4.33. The molecular formula is C12H11N5O. The van der Waals surface area contributed by atoms with Crippen LogP contribution in [0.2, 0.25) is 0 Å². The number of nitrogen functional groups attached to an aromatic ring is 1. The van der Waals surface area contributed by atoms with Gasteiger partial charge in [-0.15, -0.1) is 5.10 Å². The summed E-state index contributed by atoms with van der Waals surface area (Å²) >= 11 is 0. The van der Waals surface area contributed by atoms with Crippen molar-refractivity contribution >= 4 is 5.69 Å². The third kappa shape index (κ3) is 1.95. The number of nitrogens with zero attached hydrogens (tertiary/aromatic N) is 4. The van der Waals surface area contributed by atoms with E-state index in [2.05, 4.69) is 15.5 Å². The van der Waals surface area contributed by atoms with E-state index < -0.39 is 0 Å². The highest BCUT2D eigenvalue weighted by molar-refractivity contribution is 5.60. The van der Waals surface area contributed by atoms with Crippen molar-refractivity contribution in [2.75, 3.05) is 5.73 Å². The summed E-state index contributed by atoms with van der Waals surface area (Å²) in [6, 6.07) is 11.2. The topological polar surface area (TPSA) is 82.8 Å². The number of tetrazole rings is 1.